The molecule has 0 saturated carbocycles. The maximum atomic E-state index is 11.5. The number of carbonyl (C=O) groups is 1. The summed E-state index contributed by atoms with van der Waals surface area (Å²) in [5.41, 5.74) is 5.42. The number of ether oxygens (including phenoxy) is 1. The fraction of sp³-hybridized carbons (Fsp3) is 0.636. The van der Waals surface area contributed by atoms with Gasteiger partial charge in [0.1, 0.15) is 0 Å². The molecule has 0 aliphatic heterocycles. The number of aromatic nitrogens is 1. The summed E-state index contributed by atoms with van der Waals surface area (Å²) in [5, 5.41) is 0. The van der Waals surface area contributed by atoms with E-state index in [0.29, 0.717) is 5.89 Å². The lowest BCUT2D eigenvalue weighted by atomic mass is 9.90. The highest BCUT2D eigenvalue weighted by atomic mass is 16.5. The zero-order valence-electron chi connectivity index (χ0n) is 10.2. The van der Waals surface area contributed by atoms with Crippen molar-refractivity contribution in [2.45, 2.75) is 39.5 Å². The molecule has 1 rings (SSSR count). The topological polar surface area (TPSA) is 78.3 Å². The highest BCUT2D eigenvalue weighted by Crippen LogP contribution is 2.28. The number of esters is 1. The molecule has 0 amide bonds. The van der Waals surface area contributed by atoms with E-state index < -0.39 is 5.97 Å². The maximum absolute atomic E-state index is 11.5. The Kier molecular flexibility index (Phi) is 3.57. The van der Waals surface area contributed by atoms with E-state index in [-0.39, 0.29) is 23.6 Å². The molecule has 1 aromatic rings. The molecule has 0 radical (unpaired) electrons. The van der Waals surface area contributed by atoms with Gasteiger partial charge in [0, 0.05) is 5.41 Å². The first-order chi connectivity index (χ1) is 7.42. The van der Waals surface area contributed by atoms with Gasteiger partial charge in [-0.15, -0.1) is 0 Å². The number of hydrogen-bond acceptors (Lipinski definition) is 5. The van der Waals surface area contributed by atoms with Crippen LogP contribution in [0.3, 0.4) is 0 Å². The summed E-state index contributed by atoms with van der Waals surface area (Å²) in [5.74, 6) is -0.0487. The molecule has 0 spiro atoms. The van der Waals surface area contributed by atoms with Crippen LogP contribution in [0.1, 0.15) is 50.5 Å². The monoisotopic (exact) mass is 226 g/mol. The fourth-order valence-electron chi connectivity index (χ4n) is 1.12. The van der Waals surface area contributed by atoms with Gasteiger partial charge in [-0.1, -0.05) is 20.8 Å². The average Bonchev–Trinajstić information content (AvgIpc) is 2.61. The smallest absolute Gasteiger partial charge is 0.362 e. The maximum Gasteiger partial charge on any atom is 0.362 e. The van der Waals surface area contributed by atoms with Gasteiger partial charge in [0.25, 0.3) is 0 Å². The molecule has 2 N–H and O–H groups in total. The summed E-state index contributed by atoms with van der Waals surface area (Å²) in [7, 11) is 0. The predicted octanol–water partition coefficient (Wildman–Crippen LogP) is 2.12. The lowest BCUT2D eigenvalue weighted by molar-refractivity contribution is 0.0521. The van der Waals surface area contributed by atoms with Crippen molar-refractivity contribution in [1.82, 2.24) is 4.98 Å². The summed E-state index contributed by atoms with van der Waals surface area (Å²) in [4.78, 5) is 15.6. The third kappa shape index (κ3) is 2.35. The molecule has 5 heteroatoms. The van der Waals surface area contributed by atoms with Crippen LogP contribution in [-0.4, -0.2) is 17.6 Å². The molecule has 0 aliphatic carbocycles. The number of nitrogen functional groups attached to an aromatic ring is 1. The van der Waals surface area contributed by atoms with E-state index >= 15 is 0 Å². The normalized spacial score (nSPS) is 11.5. The minimum atomic E-state index is -0.540. The number of anilines is 1. The van der Waals surface area contributed by atoms with Crippen LogP contribution in [0, 0.1) is 0 Å². The molecule has 0 aliphatic rings. The van der Waals surface area contributed by atoms with E-state index in [2.05, 4.69) is 4.98 Å². The van der Waals surface area contributed by atoms with Crippen molar-refractivity contribution < 1.29 is 13.9 Å². The summed E-state index contributed by atoms with van der Waals surface area (Å²) in [6.45, 7) is 7.99. The summed E-state index contributed by atoms with van der Waals surface area (Å²) in [6.07, 6.45) is 0.842. The first-order valence-electron chi connectivity index (χ1n) is 5.36. The quantitative estimate of drug-likeness (QED) is 0.795. The molecule has 1 heterocycles. The van der Waals surface area contributed by atoms with Gasteiger partial charge in [0.15, 0.2) is 0 Å². The Hall–Kier alpha value is -1.52. The first-order valence-corrected chi connectivity index (χ1v) is 5.36. The van der Waals surface area contributed by atoms with Crippen molar-refractivity contribution in [3.63, 3.8) is 0 Å². The third-order valence-corrected chi connectivity index (χ3v) is 2.58. The molecule has 16 heavy (non-hydrogen) atoms. The number of nitrogens with two attached hydrogens (primary N) is 1. The molecule has 0 unspecified atom stereocenters. The second kappa shape index (κ2) is 4.55. The zero-order chi connectivity index (χ0) is 12.3. The second-order valence-corrected chi connectivity index (χ2v) is 4.19. The number of carbonyl (C=O) groups excluding carboxylic acids is 1. The molecule has 90 valence electrons. The Morgan fingerprint density at radius 2 is 2.12 bits per heavy atom. The highest BCUT2D eigenvalue weighted by Gasteiger charge is 2.28. The second-order valence-electron chi connectivity index (χ2n) is 4.19. The largest absolute Gasteiger partial charge is 0.461 e. The van der Waals surface area contributed by atoms with Crippen LogP contribution in [0.5, 0.6) is 0 Å². The first kappa shape index (κ1) is 12.5. The predicted molar refractivity (Wildman–Crippen MR) is 60.2 cm³/mol. The Balaban J connectivity index is 3.03. The van der Waals surface area contributed by atoms with Gasteiger partial charge in [0.2, 0.25) is 17.5 Å². The number of rotatable bonds is 4. The number of nitrogens with zero attached hydrogens (tertiary/aromatic N) is 1. The molecule has 0 fully saturated rings. The van der Waals surface area contributed by atoms with Crippen LogP contribution >= 0.6 is 0 Å². The van der Waals surface area contributed by atoms with Gasteiger partial charge >= 0.3 is 5.97 Å². The van der Waals surface area contributed by atoms with Gasteiger partial charge < -0.3 is 14.9 Å². The lowest BCUT2D eigenvalue weighted by Crippen LogP contribution is -2.16. The van der Waals surface area contributed by atoms with Crippen molar-refractivity contribution >= 4 is 11.9 Å². The van der Waals surface area contributed by atoms with E-state index in [1.165, 1.54) is 0 Å². The average molecular weight is 226 g/mol. The lowest BCUT2D eigenvalue weighted by Gasteiger charge is -2.16. The van der Waals surface area contributed by atoms with E-state index in [9.17, 15) is 4.79 Å². The molecule has 0 saturated heterocycles. The van der Waals surface area contributed by atoms with Crippen LogP contribution in [0.15, 0.2) is 4.42 Å². The standard InChI is InChI=1S/C11H18N2O3/c1-5-11(3,4)10-13-7(8(12)16-10)9(14)15-6-2/h5-6,12H2,1-4H3. The summed E-state index contributed by atoms with van der Waals surface area (Å²) in [6, 6.07) is 0. The van der Waals surface area contributed by atoms with Gasteiger partial charge in [-0.05, 0) is 13.3 Å². The van der Waals surface area contributed by atoms with Crippen LogP contribution in [0.25, 0.3) is 0 Å². The van der Waals surface area contributed by atoms with Gasteiger partial charge in [-0.3, -0.25) is 0 Å². The van der Waals surface area contributed by atoms with E-state index in [1.54, 1.807) is 6.92 Å². The Morgan fingerprint density at radius 3 is 2.62 bits per heavy atom. The van der Waals surface area contributed by atoms with Crippen LogP contribution in [-0.2, 0) is 10.2 Å². The minimum Gasteiger partial charge on any atom is -0.461 e. The molecule has 0 bridgehead atoms. The van der Waals surface area contributed by atoms with E-state index in [4.69, 9.17) is 14.9 Å². The van der Waals surface area contributed by atoms with Crippen molar-refractivity contribution in [1.29, 1.82) is 0 Å². The Morgan fingerprint density at radius 1 is 1.50 bits per heavy atom. The van der Waals surface area contributed by atoms with Gasteiger partial charge in [-0.25, -0.2) is 9.78 Å². The summed E-state index contributed by atoms with van der Waals surface area (Å²) < 4.78 is 10.1. The highest BCUT2D eigenvalue weighted by molar-refractivity contribution is 5.91. The van der Waals surface area contributed by atoms with Crippen molar-refractivity contribution in [2.24, 2.45) is 0 Å². The SMILES string of the molecule is CCOC(=O)c1nc(C(C)(C)CC)oc1N. The molecule has 0 atom stereocenters. The van der Waals surface area contributed by atoms with Crippen LogP contribution < -0.4 is 5.73 Å². The van der Waals surface area contributed by atoms with Gasteiger partial charge in [0.05, 0.1) is 6.61 Å². The Bertz CT molecular complexity index is 383. The Labute approximate surface area is 95.0 Å². The van der Waals surface area contributed by atoms with E-state index in [0.717, 1.165) is 6.42 Å². The fourth-order valence-corrected chi connectivity index (χ4v) is 1.12. The van der Waals surface area contributed by atoms with E-state index in [1.807, 2.05) is 20.8 Å². The molecular formula is C11H18N2O3. The number of hydrogen-bond donors (Lipinski definition) is 1. The molecule has 1 aromatic heterocycles. The summed E-state index contributed by atoms with van der Waals surface area (Å²) >= 11 is 0. The minimum absolute atomic E-state index is 0.0231. The number of oxazole rings is 1. The van der Waals surface area contributed by atoms with Crippen LogP contribution in [0.2, 0.25) is 0 Å². The van der Waals surface area contributed by atoms with Gasteiger partial charge in [-0.2, -0.15) is 0 Å². The van der Waals surface area contributed by atoms with Crippen LogP contribution in [0.4, 0.5) is 5.88 Å². The van der Waals surface area contributed by atoms with Crippen molar-refractivity contribution in [2.75, 3.05) is 12.3 Å². The molecule has 5 nitrogen and oxygen atoms in total. The zero-order valence-corrected chi connectivity index (χ0v) is 10.2. The third-order valence-electron chi connectivity index (χ3n) is 2.58. The van der Waals surface area contributed by atoms with Crippen molar-refractivity contribution in [3.8, 4) is 0 Å². The van der Waals surface area contributed by atoms with Crippen molar-refractivity contribution in [3.05, 3.63) is 11.6 Å². The molecular weight excluding hydrogens is 208 g/mol. The molecule has 0 aromatic carbocycles.